The standard InChI is InChI=1S/C15H17N3.C10H10N2.C7H11N.C3H6.3C2H6/c1-3-9(2)15-17-12-6-4-5-10-11(16)7-8-13(18-15)14(10)12;11-9-5-6-10(12)8-4-2-1-3-7(8)9;1-3-5-6-7(8)4-2;1-3-2;3*1-2/h3-8,15,17-18H,16H2,1-2H3;1-6H,11-12H2;3-6H,2,8H2,1H3;3H,1H2,2H3;3*1-2H3/b9-3+;;5-3-,7-6+;;;;. The number of allylic oxidation sites excluding steroid dienone is 6. The van der Waals surface area contributed by atoms with Gasteiger partial charge >= 0.3 is 0 Å². The lowest BCUT2D eigenvalue weighted by atomic mass is 10.0. The minimum Gasteiger partial charge on any atom is -0.399 e. The van der Waals surface area contributed by atoms with Crippen LogP contribution in [0.3, 0.4) is 0 Å². The van der Waals surface area contributed by atoms with Crippen LogP contribution in [0.15, 0.2) is 128 Å². The fourth-order valence-electron chi connectivity index (χ4n) is 4.03. The van der Waals surface area contributed by atoms with Gasteiger partial charge in [-0.25, -0.2) is 0 Å². The van der Waals surface area contributed by atoms with Gasteiger partial charge in [-0.15, -0.1) is 6.58 Å². The Morgan fingerprint density at radius 3 is 1.53 bits per heavy atom. The molecule has 1 aliphatic heterocycles. The molecule has 0 amide bonds. The zero-order valence-corrected chi connectivity index (χ0v) is 30.6. The van der Waals surface area contributed by atoms with Crippen LogP contribution in [-0.4, -0.2) is 6.17 Å². The van der Waals surface area contributed by atoms with Crippen molar-refractivity contribution >= 4 is 50.0 Å². The van der Waals surface area contributed by atoms with E-state index in [1.54, 1.807) is 18.2 Å². The lowest BCUT2D eigenvalue weighted by molar-refractivity contribution is 0.930. The van der Waals surface area contributed by atoms with Crippen LogP contribution in [0.4, 0.5) is 28.4 Å². The summed E-state index contributed by atoms with van der Waals surface area (Å²) in [5.74, 6) is 0. The molecule has 0 saturated heterocycles. The molecule has 47 heavy (non-hydrogen) atoms. The topological polar surface area (TPSA) is 128 Å². The maximum atomic E-state index is 6.03. The Kier molecular flexibility index (Phi) is 24.5. The molecule has 4 aromatic carbocycles. The Balaban J connectivity index is 0. The van der Waals surface area contributed by atoms with Crippen molar-refractivity contribution in [3.63, 3.8) is 0 Å². The number of nitrogens with two attached hydrogens (primary N) is 4. The summed E-state index contributed by atoms with van der Waals surface area (Å²) in [6, 6.07) is 21.7. The molecule has 6 heteroatoms. The molecule has 10 N–H and O–H groups in total. The highest BCUT2D eigenvalue weighted by Gasteiger charge is 2.20. The third kappa shape index (κ3) is 14.3. The summed E-state index contributed by atoms with van der Waals surface area (Å²) >= 11 is 0. The maximum Gasteiger partial charge on any atom is 0.119 e. The number of anilines is 5. The van der Waals surface area contributed by atoms with Crippen molar-refractivity contribution in [1.82, 2.24) is 0 Å². The molecular weight excluding hydrogens is 576 g/mol. The molecule has 0 saturated carbocycles. The molecule has 0 spiro atoms. The van der Waals surface area contributed by atoms with Gasteiger partial charge in [0.15, 0.2) is 0 Å². The molecule has 0 aromatic heterocycles. The Morgan fingerprint density at radius 2 is 1.09 bits per heavy atom. The van der Waals surface area contributed by atoms with E-state index >= 15 is 0 Å². The van der Waals surface area contributed by atoms with Gasteiger partial charge in [-0.1, -0.05) is 109 Å². The van der Waals surface area contributed by atoms with E-state index in [0.717, 1.165) is 44.6 Å². The maximum absolute atomic E-state index is 6.03. The highest BCUT2D eigenvalue weighted by molar-refractivity contribution is 6.09. The van der Waals surface area contributed by atoms with E-state index in [-0.39, 0.29) is 6.17 Å². The zero-order valence-electron chi connectivity index (χ0n) is 30.6. The van der Waals surface area contributed by atoms with E-state index in [1.165, 1.54) is 11.0 Å². The Morgan fingerprint density at radius 1 is 0.660 bits per heavy atom. The second kappa shape index (κ2) is 26.1. The molecular formula is C41H62N6. The number of nitrogens with one attached hydrogen (secondary N) is 2. The third-order valence-corrected chi connectivity index (χ3v) is 6.29. The van der Waals surface area contributed by atoms with Gasteiger partial charge in [0.1, 0.15) is 6.17 Å². The zero-order chi connectivity index (χ0) is 36.4. The van der Waals surface area contributed by atoms with Crippen molar-refractivity contribution in [2.45, 2.75) is 75.4 Å². The van der Waals surface area contributed by atoms with Gasteiger partial charge in [0.2, 0.25) is 0 Å². The second-order valence-electron chi connectivity index (χ2n) is 9.28. The first-order chi connectivity index (χ1) is 22.7. The van der Waals surface area contributed by atoms with Crippen molar-refractivity contribution in [2.24, 2.45) is 5.73 Å². The van der Waals surface area contributed by atoms with Gasteiger partial charge in [-0.05, 0) is 75.8 Å². The van der Waals surface area contributed by atoms with Crippen molar-refractivity contribution in [1.29, 1.82) is 0 Å². The number of nitrogen functional groups attached to an aromatic ring is 3. The van der Waals surface area contributed by atoms with Gasteiger partial charge in [0.25, 0.3) is 0 Å². The average molecular weight is 639 g/mol. The van der Waals surface area contributed by atoms with Crippen molar-refractivity contribution < 1.29 is 0 Å². The van der Waals surface area contributed by atoms with E-state index in [2.05, 4.69) is 61.9 Å². The molecule has 1 heterocycles. The summed E-state index contributed by atoms with van der Waals surface area (Å²) < 4.78 is 0. The first-order valence-corrected chi connectivity index (χ1v) is 16.5. The summed E-state index contributed by atoms with van der Waals surface area (Å²) in [6.45, 7) is 26.8. The molecule has 1 unspecified atom stereocenters. The minimum atomic E-state index is 0.150. The van der Waals surface area contributed by atoms with Crippen LogP contribution in [0.5, 0.6) is 0 Å². The smallest absolute Gasteiger partial charge is 0.119 e. The summed E-state index contributed by atoms with van der Waals surface area (Å²) in [5.41, 5.74) is 29.5. The Labute approximate surface area is 286 Å². The molecule has 4 aromatic rings. The monoisotopic (exact) mass is 639 g/mol. The normalized spacial score (nSPS) is 12.4. The SMILES string of the molecule is C/C=C(\C)C1Nc2cccc3c(N)ccc(c23)N1.C=C/C(N)=C\C=C/C.C=CC.CC.CC.CC.Nc1ccc(N)c2ccccc12. The molecule has 1 aliphatic rings. The fraction of sp³-hybridized carbons (Fsp3) is 0.268. The first kappa shape index (κ1) is 44.0. The van der Waals surface area contributed by atoms with E-state index in [1.807, 2.05) is 116 Å². The summed E-state index contributed by atoms with van der Waals surface area (Å²) in [4.78, 5) is 0. The molecule has 0 bridgehead atoms. The third-order valence-electron chi connectivity index (χ3n) is 6.29. The van der Waals surface area contributed by atoms with Crippen LogP contribution in [-0.2, 0) is 0 Å². The number of hydrogen-bond acceptors (Lipinski definition) is 6. The van der Waals surface area contributed by atoms with Crippen LogP contribution in [0, 0.1) is 0 Å². The molecule has 1 atom stereocenters. The Bertz CT molecular complexity index is 1510. The second-order valence-corrected chi connectivity index (χ2v) is 9.28. The summed E-state index contributed by atoms with van der Waals surface area (Å²) in [7, 11) is 0. The molecule has 0 fully saturated rings. The molecule has 6 nitrogen and oxygen atoms in total. The van der Waals surface area contributed by atoms with Gasteiger partial charge in [0, 0.05) is 55.7 Å². The fourth-order valence-corrected chi connectivity index (χ4v) is 4.03. The lowest BCUT2D eigenvalue weighted by Crippen LogP contribution is -2.32. The first-order valence-electron chi connectivity index (χ1n) is 16.5. The largest absolute Gasteiger partial charge is 0.399 e. The van der Waals surface area contributed by atoms with E-state index in [9.17, 15) is 0 Å². The summed E-state index contributed by atoms with van der Waals surface area (Å²) in [6.07, 6.45) is 11.2. The number of hydrogen-bond donors (Lipinski definition) is 6. The van der Waals surface area contributed by atoms with Crippen molar-refractivity contribution in [2.75, 3.05) is 27.8 Å². The van der Waals surface area contributed by atoms with Crippen molar-refractivity contribution in [3.8, 4) is 0 Å². The van der Waals surface area contributed by atoms with E-state index < -0.39 is 0 Å². The predicted octanol–water partition coefficient (Wildman–Crippen LogP) is 11.4. The van der Waals surface area contributed by atoms with Crippen LogP contribution >= 0.6 is 0 Å². The quantitative estimate of drug-likeness (QED) is 0.0752. The highest BCUT2D eigenvalue weighted by Crippen LogP contribution is 2.38. The lowest BCUT2D eigenvalue weighted by Gasteiger charge is -2.30. The van der Waals surface area contributed by atoms with E-state index in [4.69, 9.17) is 22.9 Å². The van der Waals surface area contributed by atoms with Crippen molar-refractivity contribution in [3.05, 3.63) is 128 Å². The summed E-state index contributed by atoms with van der Waals surface area (Å²) in [5, 5.41) is 11.3. The van der Waals surface area contributed by atoms with Crippen LogP contribution in [0.1, 0.15) is 69.2 Å². The predicted molar refractivity (Wildman–Crippen MR) is 219 cm³/mol. The molecule has 0 radical (unpaired) electrons. The molecule has 0 aliphatic carbocycles. The average Bonchev–Trinajstić information content (AvgIpc) is 3.13. The molecule has 256 valence electrons. The van der Waals surface area contributed by atoms with Gasteiger partial charge in [0.05, 0.1) is 0 Å². The van der Waals surface area contributed by atoms with Gasteiger partial charge in [-0.3, -0.25) is 0 Å². The number of benzene rings is 4. The van der Waals surface area contributed by atoms with Gasteiger partial charge < -0.3 is 33.6 Å². The number of rotatable bonds is 3. The van der Waals surface area contributed by atoms with Crippen LogP contribution in [0.2, 0.25) is 0 Å². The van der Waals surface area contributed by atoms with Crippen LogP contribution in [0.25, 0.3) is 21.5 Å². The minimum absolute atomic E-state index is 0.150. The molecule has 5 rings (SSSR count). The Hall–Kier alpha value is -5.10. The van der Waals surface area contributed by atoms with Gasteiger partial charge in [-0.2, -0.15) is 0 Å². The van der Waals surface area contributed by atoms with Crippen LogP contribution < -0.4 is 33.6 Å². The number of fused-ring (bicyclic) bond motifs is 1. The van der Waals surface area contributed by atoms with E-state index in [0.29, 0.717) is 5.70 Å². The highest BCUT2D eigenvalue weighted by atomic mass is 15.1.